The Morgan fingerprint density at radius 3 is 2.64 bits per heavy atom. The van der Waals surface area contributed by atoms with Crippen LogP contribution in [0.3, 0.4) is 0 Å². The van der Waals surface area contributed by atoms with E-state index in [1.807, 2.05) is 19.9 Å². The summed E-state index contributed by atoms with van der Waals surface area (Å²) in [6, 6.07) is 5.19. The number of carboxylic acids is 1. The zero-order chi connectivity index (χ0) is 10.7. The fourth-order valence-corrected chi connectivity index (χ4v) is 1.38. The van der Waals surface area contributed by atoms with Crippen LogP contribution in [0.5, 0.6) is 0 Å². The topological polar surface area (TPSA) is 61.1 Å². The van der Waals surface area contributed by atoms with Crippen molar-refractivity contribution in [3.05, 3.63) is 34.4 Å². The minimum Gasteiger partial charge on any atom is -0.478 e. The van der Waals surface area contributed by atoms with E-state index in [0.29, 0.717) is 12.0 Å². The molecule has 0 unspecified atom stereocenters. The van der Waals surface area contributed by atoms with Gasteiger partial charge >= 0.3 is 5.97 Å². The summed E-state index contributed by atoms with van der Waals surface area (Å²) in [5.41, 5.74) is 2.26. The molecule has 0 aliphatic heterocycles. The van der Waals surface area contributed by atoms with Crippen molar-refractivity contribution in [2.24, 2.45) is 0 Å². The van der Waals surface area contributed by atoms with Crippen LogP contribution in [0.2, 0.25) is 0 Å². The Balaban J connectivity index is 3.42. The fourth-order valence-electron chi connectivity index (χ4n) is 1.38. The SMILES string of the molecule is CCc1cc(C)c(C#N)cc1C(=O)O. The first kappa shape index (κ1) is 10.3. The first-order valence-electron chi connectivity index (χ1n) is 4.37. The molecule has 0 atom stereocenters. The molecule has 72 valence electrons. The highest BCUT2D eigenvalue weighted by Crippen LogP contribution is 2.16. The molecule has 1 N–H and O–H groups in total. The van der Waals surface area contributed by atoms with Gasteiger partial charge in [0.1, 0.15) is 0 Å². The van der Waals surface area contributed by atoms with Crippen LogP contribution in [0, 0.1) is 18.3 Å². The molecule has 3 heteroatoms. The Morgan fingerprint density at radius 1 is 1.57 bits per heavy atom. The van der Waals surface area contributed by atoms with Crippen molar-refractivity contribution in [1.29, 1.82) is 5.26 Å². The summed E-state index contributed by atoms with van der Waals surface area (Å²) in [7, 11) is 0. The number of carbonyl (C=O) groups is 1. The molecular formula is C11H11NO2. The van der Waals surface area contributed by atoms with E-state index >= 15 is 0 Å². The average Bonchev–Trinajstić information content (AvgIpc) is 2.16. The lowest BCUT2D eigenvalue weighted by Crippen LogP contribution is -2.03. The Bertz CT molecular complexity index is 416. The van der Waals surface area contributed by atoms with Gasteiger partial charge in [0.05, 0.1) is 17.2 Å². The number of aryl methyl sites for hydroxylation is 2. The summed E-state index contributed by atoms with van der Waals surface area (Å²) in [6.07, 6.45) is 0.661. The third-order valence-corrected chi connectivity index (χ3v) is 2.18. The number of hydrogen-bond donors (Lipinski definition) is 1. The second-order valence-electron chi connectivity index (χ2n) is 3.09. The number of benzene rings is 1. The maximum absolute atomic E-state index is 10.9. The molecule has 0 amide bonds. The van der Waals surface area contributed by atoms with E-state index < -0.39 is 5.97 Å². The van der Waals surface area contributed by atoms with Crippen LogP contribution >= 0.6 is 0 Å². The zero-order valence-corrected chi connectivity index (χ0v) is 8.16. The molecular weight excluding hydrogens is 178 g/mol. The lowest BCUT2D eigenvalue weighted by atomic mass is 9.98. The van der Waals surface area contributed by atoms with Crippen LogP contribution in [0.4, 0.5) is 0 Å². The molecule has 0 aromatic heterocycles. The maximum atomic E-state index is 10.9. The van der Waals surface area contributed by atoms with Crippen molar-refractivity contribution >= 4 is 5.97 Å². The molecule has 0 aliphatic rings. The lowest BCUT2D eigenvalue weighted by Gasteiger charge is -2.06. The van der Waals surface area contributed by atoms with Gasteiger partial charge in [-0.25, -0.2) is 4.79 Å². The predicted octanol–water partition coefficient (Wildman–Crippen LogP) is 2.13. The monoisotopic (exact) mass is 189 g/mol. The van der Waals surface area contributed by atoms with Gasteiger partial charge in [-0.1, -0.05) is 13.0 Å². The van der Waals surface area contributed by atoms with Gasteiger partial charge in [0.2, 0.25) is 0 Å². The van der Waals surface area contributed by atoms with E-state index in [9.17, 15) is 4.79 Å². The van der Waals surface area contributed by atoms with Gasteiger partial charge in [0.25, 0.3) is 0 Å². The first-order chi connectivity index (χ1) is 6.60. The van der Waals surface area contributed by atoms with E-state index in [1.54, 1.807) is 6.07 Å². The van der Waals surface area contributed by atoms with E-state index in [2.05, 4.69) is 0 Å². The molecule has 0 spiro atoms. The summed E-state index contributed by atoms with van der Waals surface area (Å²) in [4.78, 5) is 10.9. The average molecular weight is 189 g/mol. The van der Waals surface area contributed by atoms with Crippen molar-refractivity contribution in [2.45, 2.75) is 20.3 Å². The highest BCUT2D eigenvalue weighted by Gasteiger charge is 2.11. The van der Waals surface area contributed by atoms with E-state index in [-0.39, 0.29) is 5.56 Å². The van der Waals surface area contributed by atoms with Gasteiger partial charge in [-0.05, 0) is 30.5 Å². The number of nitrogens with zero attached hydrogens (tertiary/aromatic N) is 1. The summed E-state index contributed by atoms with van der Waals surface area (Å²) in [5.74, 6) is -0.974. The number of carboxylic acid groups (broad SMARTS) is 1. The van der Waals surface area contributed by atoms with Crippen molar-refractivity contribution < 1.29 is 9.90 Å². The Labute approximate surface area is 82.6 Å². The molecule has 0 saturated heterocycles. The maximum Gasteiger partial charge on any atom is 0.336 e. The third kappa shape index (κ3) is 1.74. The van der Waals surface area contributed by atoms with Crippen LogP contribution < -0.4 is 0 Å². The van der Waals surface area contributed by atoms with Crippen molar-refractivity contribution in [3.8, 4) is 6.07 Å². The number of rotatable bonds is 2. The fraction of sp³-hybridized carbons (Fsp3) is 0.273. The van der Waals surface area contributed by atoms with Crippen LogP contribution in [-0.4, -0.2) is 11.1 Å². The normalized spacial score (nSPS) is 9.50. The van der Waals surface area contributed by atoms with Gasteiger partial charge in [-0.3, -0.25) is 0 Å². The second kappa shape index (κ2) is 3.93. The van der Waals surface area contributed by atoms with Crippen LogP contribution in [-0.2, 0) is 6.42 Å². The summed E-state index contributed by atoms with van der Waals surface area (Å²) in [5, 5.41) is 17.6. The van der Waals surface area contributed by atoms with Crippen molar-refractivity contribution in [3.63, 3.8) is 0 Å². The summed E-state index contributed by atoms with van der Waals surface area (Å²) < 4.78 is 0. The minimum absolute atomic E-state index is 0.231. The molecule has 14 heavy (non-hydrogen) atoms. The van der Waals surface area contributed by atoms with Gasteiger partial charge in [0.15, 0.2) is 0 Å². The quantitative estimate of drug-likeness (QED) is 0.775. The van der Waals surface area contributed by atoms with E-state index in [4.69, 9.17) is 10.4 Å². The van der Waals surface area contributed by atoms with Gasteiger partial charge in [-0.15, -0.1) is 0 Å². The Hall–Kier alpha value is -1.82. The standard InChI is InChI=1S/C11H11NO2/c1-3-8-4-7(2)9(6-12)5-10(8)11(13)14/h4-5H,3H2,1-2H3,(H,13,14). The van der Waals surface area contributed by atoms with Gasteiger partial charge < -0.3 is 5.11 Å². The van der Waals surface area contributed by atoms with Crippen LogP contribution in [0.1, 0.15) is 34.0 Å². The Morgan fingerprint density at radius 2 is 2.21 bits per heavy atom. The molecule has 0 fully saturated rings. The molecule has 1 aromatic rings. The highest BCUT2D eigenvalue weighted by molar-refractivity contribution is 5.90. The first-order valence-corrected chi connectivity index (χ1v) is 4.37. The van der Waals surface area contributed by atoms with Gasteiger partial charge in [-0.2, -0.15) is 5.26 Å². The smallest absolute Gasteiger partial charge is 0.336 e. The van der Waals surface area contributed by atoms with Crippen LogP contribution in [0.25, 0.3) is 0 Å². The highest BCUT2D eigenvalue weighted by atomic mass is 16.4. The third-order valence-electron chi connectivity index (χ3n) is 2.18. The molecule has 1 rings (SSSR count). The van der Waals surface area contributed by atoms with Crippen molar-refractivity contribution in [1.82, 2.24) is 0 Å². The second-order valence-corrected chi connectivity index (χ2v) is 3.09. The molecule has 0 saturated carbocycles. The molecule has 0 radical (unpaired) electrons. The summed E-state index contributed by atoms with van der Waals surface area (Å²) in [6.45, 7) is 3.70. The van der Waals surface area contributed by atoms with Crippen molar-refractivity contribution in [2.75, 3.05) is 0 Å². The molecule has 1 aromatic carbocycles. The predicted molar refractivity (Wildman–Crippen MR) is 52.2 cm³/mol. The molecule has 0 heterocycles. The lowest BCUT2D eigenvalue weighted by molar-refractivity contribution is 0.0695. The van der Waals surface area contributed by atoms with E-state index in [1.165, 1.54) is 6.07 Å². The van der Waals surface area contributed by atoms with Crippen LogP contribution in [0.15, 0.2) is 12.1 Å². The zero-order valence-electron chi connectivity index (χ0n) is 8.16. The molecule has 3 nitrogen and oxygen atoms in total. The molecule has 0 aliphatic carbocycles. The Kier molecular flexibility index (Phi) is 2.88. The summed E-state index contributed by atoms with van der Waals surface area (Å²) >= 11 is 0. The number of nitriles is 1. The largest absolute Gasteiger partial charge is 0.478 e. The molecule has 0 bridgehead atoms. The number of hydrogen-bond acceptors (Lipinski definition) is 2. The number of aromatic carboxylic acids is 1. The minimum atomic E-state index is -0.974. The van der Waals surface area contributed by atoms with E-state index in [0.717, 1.165) is 11.1 Å². The van der Waals surface area contributed by atoms with Gasteiger partial charge in [0, 0.05) is 0 Å².